The summed E-state index contributed by atoms with van der Waals surface area (Å²) in [6, 6.07) is 7.03. The monoisotopic (exact) mass is 285 g/mol. The average Bonchev–Trinajstić information content (AvgIpc) is 2.39. The fourth-order valence-corrected chi connectivity index (χ4v) is 2.45. The van der Waals surface area contributed by atoms with Gasteiger partial charge in [0.2, 0.25) is 0 Å². The molecule has 0 bridgehead atoms. The van der Waals surface area contributed by atoms with E-state index in [1.807, 2.05) is 19.1 Å². The molecule has 1 N–H and O–H groups in total. The van der Waals surface area contributed by atoms with Gasteiger partial charge in [-0.3, -0.25) is 9.52 Å². The van der Waals surface area contributed by atoms with Crippen molar-refractivity contribution in [2.75, 3.05) is 20.0 Å². The molecule has 0 radical (unpaired) electrons. The third kappa shape index (κ3) is 4.74. The van der Waals surface area contributed by atoms with Crippen molar-refractivity contribution in [3.05, 3.63) is 35.4 Å². The predicted octanol–water partition coefficient (Wildman–Crippen LogP) is 1.40. The van der Waals surface area contributed by atoms with Gasteiger partial charge in [0.25, 0.3) is 5.91 Å². The second-order valence-corrected chi connectivity index (χ2v) is 5.51. The van der Waals surface area contributed by atoms with E-state index in [4.69, 9.17) is 9.47 Å². The number of amides is 1. The summed E-state index contributed by atoms with van der Waals surface area (Å²) in [5.41, 5.74) is 1.53. The molecule has 1 aromatic carbocycles. The van der Waals surface area contributed by atoms with E-state index < -0.39 is 16.8 Å². The smallest absolute Gasteiger partial charge is 0.262 e. The number of rotatable bonds is 6. The van der Waals surface area contributed by atoms with Gasteiger partial charge in [-0.05, 0) is 26.0 Å². The van der Waals surface area contributed by atoms with Crippen LogP contribution >= 0.6 is 0 Å². The Kier molecular flexibility index (Phi) is 5.65. The molecule has 1 atom stereocenters. The Bertz CT molecular complexity index is 454. The van der Waals surface area contributed by atoms with Crippen molar-refractivity contribution in [1.29, 1.82) is 0 Å². The van der Waals surface area contributed by atoms with Gasteiger partial charge in [-0.15, -0.1) is 0 Å². The van der Waals surface area contributed by atoms with Crippen molar-refractivity contribution in [2.45, 2.75) is 19.6 Å². The van der Waals surface area contributed by atoms with Gasteiger partial charge in [0.15, 0.2) is 5.79 Å². The van der Waals surface area contributed by atoms with E-state index in [2.05, 4.69) is 4.72 Å². The van der Waals surface area contributed by atoms with Crippen molar-refractivity contribution in [1.82, 2.24) is 4.72 Å². The molecule has 0 saturated heterocycles. The van der Waals surface area contributed by atoms with Crippen LogP contribution in [0.5, 0.6) is 0 Å². The molecule has 0 saturated carbocycles. The molecule has 1 amide bonds. The summed E-state index contributed by atoms with van der Waals surface area (Å²) in [7, 11) is 1.35. The van der Waals surface area contributed by atoms with Gasteiger partial charge >= 0.3 is 0 Å². The highest BCUT2D eigenvalue weighted by Gasteiger charge is 2.26. The minimum absolute atomic E-state index is 0.0532. The van der Waals surface area contributed by atoms with Gasteiger partial charge in [0.05, 0.1) is 5.75 Å². The summed E-state index contributed by atoms with van der Waals surface area (Å²) in [6.45, 7) is 3.59. The van der Waals surface area contributed by atoms with Crippen molar-refractivity contribution in [3.8, 4) is 0 Å². The maximum Gasteiger partial charge on any atom is 0.262 e. The highest BCUT2D eigenvalue weighted by molar-refractivity contribution is 7.83. The van der Waals surface area contributed by atoms with Crippen molar-refractivity contribution >= 4 is 16.9 Å². The van der Waals surface area contributed by atoms with Crippen LogP contribution in [0.25, 0.3) is 0 Å². The fourth-order valence-electron chi connectivity index (χ4n) is 1.34. The largest absolute Gasteiger partial charge is 0.352 e. The number of aryl methyl sites for hydroxylation is 1. The second-order valence-electron chi connectivity index (χ2n) is 4.33. The van der Waals surface area contributed by atoms with E-state index in [0.717, 1.165) is 5.56 Å². The molecular weight excluding hydrogens is 266 g/mol. The van der Waals surface area contributed by atoms with E-state index >= 15 is 0 Å². The quantitative estimate of drug-likeness (QED) is 0.802. The van der Waals surface area contributed by atoms with Gasteiger partial charge in [0.1, 0.15) is 11.0 Å². The first kappa shape index (κ1) is 15.8. The van der Waals surface area contributed by atoms with Crippen molar-refractivity contribution in [2.24, 2.45) is 0 Å². The first-order valence-corrected chi connectivity index (χ1v) is 7.08. The lowest BCUT2D eigenvalue weighted by molar-refractivity contribution is -0.175. The summed E-state index contributed by atoms with van der Waals surface area (Å²) in [5.74, 6) is -1.31. The first-order valence-electron chi connectivity index (χ1n) is 5.76. The molecule has 0 fully saturated rings. The lowest BCUT2D eigenvalue weighted by Crippen LogP contribution is -2.41. The van der Waals surface area contributed by atoms with Crippen molar-refractivity contribution < 1.29 is 18.5 Å². The molecule has 0 aliphatic rings. The predicted molar refractivity (Wildman–Crippen MR) is 74.1 cm³/mol. The molecule has 19 heavy (non-hydrogen) atoms. The lowest BCUT2D eigenvalue weighted by Gasteiger charge is -2.25. The van der Waals surface area contributed by atoms with Crippen LogP contribution in [0, 0.1) is 6.92 Å². The highest BCUT2D eigenvalue weighted by atomic mass is 32.2. The third-order valence-electron chi connectivity index (χ3n) is 2.78. The zero-order valence-corrected chi connectivity index (χ0v) is 12.4. The molecule has 106 valence electrons. The molecule has 5 nitrogen and oxygen atoms in total. The van der Waals surface area contributed by atoms with Crippen LogP contribution < -0.4 is 4.72 Å². The zero-order valence-electron chi connectivity index (χ0n) is 11.6. The standard InChI is InChI=1S/C13H19NO4S/c1-10-5-7-11(8-6-10)12(15)14-19(16)9-13(2,17-3)18-4/h5-8H,9H2,1-4H3,(H,14,15). The maximum absolute atomic E-state index is 11.8. The number of ether oxygens (including phenoxy) is 2. The fraction of sp³-hybridized carbons (Fsp3) is 0.462. The lowest BCUT2D eigenvalue weighted by atomic mass is 10.1. The molecule has 0 aromatic heterocycles. The second kappa shape index (κ2) is 6.79. The van der Waals surface area contributed by atoms with Crippen LogP contribution in [-0.4, -0.2) is 35.9 Å². The summed E-state index contributed by atoms with van der Waals surface area (Å²) in [6.07, 6.45) is 0. The minimum atomic E-state index is -1.57. The maximum atomic E-state index is 11.8. The summed E-state index contributed by atoms with van der Waals surface area (Å²) < 4.78 is 24.4. The summed E-state index contributed by atoms with van der Waals surface area (Å²) in [4.78, 5) is 11.8. The van der Waals surface area contributed by atoms with Crippen LogP contribution in [0.15, 0.2) is 24.3 Å². The molecule has 0 heterocycles. The van der Waals surface area contributed by atoms with Gasteiger partial charge in [-0.1, -0.05) is 17.7 Å². The Balaban J connectivity index is 2.62. The molecule has 1 unspecified atom stereocenters. The highest BCUT2D eigenvalue weighted by Crippen LogP contribution is 2.11. The van der Waals surface area contributed by atoms with E-state index in [1.54, 1.807) is 19.1 Å². The van der Waals surface area contributed by atoms with E-state index in [0.29, 0.717) is 5.56 Å². The third-order valence-corrected chi connectivity index (χ3v) is 3.98. The zero-order chi connectivity index (χ0) is 14.5. The van der Waals surface area contributed by atoms with Crippen LogP contribution in [0.4, 0.5) is 0 Å². The molecule has 6 heteroatoms. The number of hydrogen-bond donors (Lipinski definition) is 1. The molecule has 1 rings (SSSR count). The van der Waals surface area contributed by atoms with Crippen LogP contribution in [0.1, 0.15) is 22.8 Å². The Morgan fingerprint density at radius 1 is 1.26 bits per heavy atom. The molecule has 1 aromatic rings. The first-order chi connectivity index (χ1) is 8.90. The van der Waals surface area contributed by atoms with Crippen LogP contribution in [0.3, 0.4) is 0 Å². The molecule has 0 spiro atoms. The number of benzene rings is 1. The molecule has 0 aliphatic carbocycles. The van der Waals surface area contributed by atoms with Gasteiger partial charge in [0, 0.05) is 19.8 Å². The minimum Gasteiger partial charge on any atom is -0.352 e. The number of carbonyl (C=O) groups is 1. The Labute approximate surface area is 115 Å². The van der Waals surface area contributed by atoms with E-state index in [1.165, 1.54) is 14.2 Å². The Morgan fingerprint density at radius 3 is 2.26 bits per heavy atom. The van der Waals surface area contributed by atoms with Gasteiger partial charge in [-0.25, -0.2) is 4.21 Å². The van der Waals surface area contributed by atoms with E-state index in [-0.39, 0.29) is 11.7 Å². The average molecular weight is 285 g/mol. The summed E-state index contributed by atoms with van der Waals surface area (Å²) in [5, 5.41) is 0. The van der Waals surface area contributed by atoms with Gasteiger partial charge in [-0.2, -0.15) is 0 Å². The van der Waals surface area contributed by atoms with Crippen molar-refractivity contribution in [3.63, 3.8) is 0 Å². The van der Waals surface area contributed by atoms with Crippen LogP contribution in [-0.2, 0) is 20.5 Å². The number of carbonyl (C=O) groups excluding carboxylic acids is 1. The summed E-state index contributed by atoms with van der Waals surface area (Å²) >= 11 is 0. The topological polar surface area (TPSA) is 64.6 Å². The number of methoxy groups -OCH3 is 2. The van der Waals surface area contributed by atoms with Crippen LogP contribution in [0.2, 0.25) is 0 Å². The molecule has 0 aliphatic heterocycles. The normalized spacial score (nSPS) is 13.1. The Hall–Kier alpha value is -1.24. The van der Waals surface area contributed by atoms with E-state index in [9.17, 15) is 9.00 Å². The number of nitrogens with one attached hydrogen (secondary N) is 1. The number of hydrogen-bond acceptors (Lipinski definition) is 4. The Morgan fingerprint density at radius 2 is 1.79 bits per heavy atom. The van der Waals surface area contributed by atoms with Gasteiger partial charge < -0.3 is 9.47 Å². The SMILES string of the molecule is COC(C)(CS(=O)NC(=O)c1ccc(C)cc1)OC. The molecular formula is C13H19NO4S.